The maximum absolute atomic E-state index is 13.0. The first-order chi connectivity index (χ1) is 6.80. The van der Waals surface area contributed by atoms with E-state index in [0.29, 0.717) is 12.4 Å². The summed E-state index contributed by atoms with van der Waals surface area (Å²) in [7, 11) is 0. The first kappa shape index (κ1) is 8.24. The molecular weight excluding hydrogens is 181 g/mol. The van der Waals surface area contributed by atoms with Crippen LogP contribution in [0.2, 0.25) is 0 Å². The van der Waals surface area contributed by atoms with Crippen LogP contribution in [0.1, 0.15) is 18.4 Å². The largest absolute Gasteiger partial charge is 0.493 e. The van der Waals surface area contributed by atoms with Gasteiger partial charge in [-0.2, -0.15) is 0 Å². The summed E-state index contributed by atoms with van der Waals surface area (Å²) < 4.78 is 18.4. The number of fused-ring (bicyclic) bond motifs is 2. The number of ether oxygens (including phenoxy) is 1. The van der Waals surface area contributed by atoms with E-state index in [2.05, 4.69) is 5.32 Å². The van der Waals surface area contributed by atoms with Gasteiger partial charge in [0, 0.05) is 18.1 Å². The molecule has 3 rings (SSSR count). The summed E-state index contributed by atoms with van der Waals surface area (Å²) in [5, 5.41) is 3.43. The van der Waals surface area contributed by atoms with Crippen LogP contribution in [0.3, 0.4) is 0 Å². The number of benzene rings is 1. The molecule has 0 aromatic heterocycles. The Labute approximate surface area is 82.1 Å². The summed E-state index contributed by atoms with van der Waals surface area (Å²) in [6.45, 7) is 1.74. The van der Waals surface area contributed by atoms with Gasteiger partial charge in [0.2, 0.25) is 0 Å². The van der Waals surface area contributed by atoms with Crippen LogP contribution >= 0.6 is 0 Å². The molecule has 1 saturated heterocycles. The smallest absolute Gasteiger partial charge is 0.127 e. The molecule has 1 N–H and O–H groups in total. The lowest BCUT2D eigenvalue weighted by molar-refractivity contribution is 0.122. The Kier molecular flexibility index (Phi) is 1.59. The van der Waals surface area contributed by atoms with Crippen molar-refractivity contribution in [2.24, 2.45) is 0 Å². The van der Waals surface area contributed by atoms with Gasteiger partial charge in [0.05, 0.1) is 12.1 Å². The number of hydrogen-bond donors (Lipinski definition) is 1. The molecule has 1 aromatic rings. The molecule has 74 valence electrons. The van der Waals surface area contributed by atoms with Crippen molar-refractivity contribution >= 4 is 0 Å². The topological polar surface area (TPSA) is 21.3 Å². The minimum Gasteiger partial charge on any atom is -0.493 e. The van der Waals surface area contributed by atoms with Gasteiger partial charge in [0.1, 0.15) is 11.6 Å². The molecule has 0 saturated carbocycles. The molecule has 0 aliphatic carbocycles. The normalized spacial score (nSPS) is 29.2. The van der Waals surface area contributed by atoms with Gasteiger partial charge in [-0.25, -0.2) is 4.39 Å². The fourth-order valence-corrected chi connectivity index (χ4v) is 2.35. The van der Waals surface area contributed by atoms with Crippen molar-refractivity contribution < 1.29 is 9.13 Å². The average Bonchev–Trinajstić information content (AvgIpc) is 2.13. The summed E-state index contributed by atoms with van der Waals surface area (Å²) in [5.41, 5.74) is 1.21. The van der Waals surface area contributed by atoms with Crippen LogP contribution in [0.4, 0.5) is 4.39 Å². The lowest BCUT2D eigenvalue weighted by Crippen LogP contribution is -2.56. The Morgan fingerprint density at radius 1 is 1.36 bits per heavy atom. The van der Waals surface area contributed by atoms with Crippen LogP contribution in [0, 0.1) is 5.82 Å². The lowest BCUT2D eigenvalue weighted by atomic mass is 9.77. The molecule has 3 heteroatoms. The fourth-order valence-electron chi connectivity index (χ4n) is 2.35. The third-order valence-electron chi connectivity index (χ3n) is 3.26. The summed E-state index contributed by atoms with van der Waals surface area (Å²) in [6.07, 6.45) is 2.13. The van der Waals surface area contributed by atoms with Crippen molar-refractivity contribution in [3.63, 3.8) is 0 Å². The second-order valence-corrected chi connectivity index (χ2v) is 4.00. The van der Waals surface area contributed by atoms with Gasteiger partial charge in [0.25, 0.3) is 0 Å². The molecule has 2 aliphatic rings. The zero-order chi connectivity index (χ0) is 9.60. The summed E-state index contributed by atoms with van der Waals surface area (Å²) in [4.78, 5) is 0. The minimum atomic E-state index is -0.222. The number of halogens is 1. The van der Waals surface area contributed by atoms with E-state index < -0.39 is 0 Å². The molecule has 1 fully saturated rings. The summed E-state index contributed by atoms with van der Waals surface area (Å²) in [6, 6.07) is 4.83. The van der Waals surface area contributed by atoms with Crippen molar-refractivity contribution in [1.29, 1.82) is 0 Å². The van der Waals surface area contributed by atoms with E-state index in [9.17, 15) is 4.39 Å². The first-order valence-corrected chi connectivity index (χ1v) is 4.98. The molecule has 2 nitrogen and oxygen atoms in total. The number of hydrogen-bond acceptors (Lipinski definition) is 2. The average molecular weight is 193 g/mol. The Hall–Kier alpha value is -1.09. The Balaban J connectivity index is 2.10. The SMILES string of the molecule is Fc1ccc2c(c1)OCC[C@]21CCN1. The predicted octanol–water partition coefficient (Wildman–Crippen LogP) is 1.80. The van der Waals surface area contributed by atoms with Crippen molar-refractivity contribution in [2.45, 2.75) is 18.4 Å². The van der Waals surface area contributed by atoms with Crippen molar-refractivity contribution in [1.82, 2.24) is 5.32 Å². The van der Waals surface area contributed by atoms with Crippen molar-refractivity contribution in [2.75, 3.05) is 13.2 Å². The van der Waals surface area contributed by atoms with Crippen molar-refractivity contribution in [3.05, 3.63) is 29.6 Å². The molecule has 1 atom stereocenters. The molecule has 0 radical (unpaired) electrons. The minimum absolute atomic E-state index is 0.0846. The highest BCUT2D eigenvalue weighted by molar-refractivity contribution is 5.42. The molecule has 0 amide bonds. The highest BCUT2D eigenvalue weighted by Crippen LogP contribution is 2.42. The van der Waals surface area contributed by atoms with Gasteiger partial charge in [-0.3, -0.25) is 0 Å². The van der Waals surface area contributed by atoms with E-state index in [4.69, 9.17) is 4.74 Å². The van der Waals surface area contributed by atoms with Crippen LogP contribution in [0.15, 0.2) is 18.2 Å². The van der Waals surface area contributed by atoms with Crippen molar-refractivity contribution in [3.8, 4) is 5.75 Å². The van der Waals surface area contributed by atoms with E-state index in [1.165, 1.54) is 12.1 Å². The zero-order valence-electron chi connectivity index (χ0n) is 7.85. The number of rotatable bonds is 0. The molecule has 1 spiro atoms. The quantitative estimate of drug-likeness (QED) is 0.678. The van der Waals surface area contributed by atoms with Gasteiger partial charge in [-0.15, -0.1) is 0 Å². The third-order valence-corrected chi connectivity index (χ3v) is 3.26. The maximum Gasteiger partial charge on any atom is 0.127 e. The first-order valence-electron chi connectivity index (χ1n) is 4.98. The van der Waals surface area contributed by atoms with Crippen LogP contribution in [0.25, 0.3) is 0 Å². The van der Waals surface area contributed by atoms with E-state index in [1.807, 2.05) is 6.07 Å². The molecule has 0 bridgehead atoms. The van der Waals surface area contributed by atoms with E-state index in [1.54, 1.807) is 0 Å². The molecule has 0 unspecified atom stereocenters. The van der Waals surface area contributed by atoms with Crippen LogP contribution in [-0.2, 0) is 5.54 Å². The van der Waals surface area contributed by atoms with E-state index >= 15 is 0 Å². The van der Waals surface area contributed by atoms with Gasteiger partial charge in [-0.05, 0) is 19.0 Å². The summed E-state index contributed by atoms with van der Waals surface area (Å²) >= 11 is 0. The van der Waals surface area contributed by atoms with Gasteiger partial charge >= 0.3 is 0 Å². The Bertz CT molecular complexity index is 374. The fraction of sp³-hybridized carbons (Fsp3) is 0.455. The maximum atomic E-state index is 13.0. The zero-order valence-corrected chi connectivity index (χ0v) is 7.85. The monoisotopic (exact) mass is 193 g/mol. The predicted molar refractivity (Wildman–Crippen MR) is 50.8 cm³/mol. The molecule has 2 heterocycles. The van der Waals surface area contributed by atoms with Gasteiger partial charge < -0.3 is 10.1 Å². The highest BCUT2D eigenvalue weighted by Gasteiger charge is 2.42. The Morgan fingerprint density at radius 3 is 2.93 bits per heavy atom. The van der Waals surface area contributed by atoms with E-state index in [-0.39, 0.29) is 11.4 Å². The molecule has 1 aromatic carbocycles. The van der Waals surface area contributed by atoms with Gasteiger partial charge in [0.15, 0.2) is 0 Å². The lowest BCUT2D eigenvalue weighted by Gasteiger charge is -2.46. The molecule has 14 heavy (non-hydrogen) atoms. The van der Waals surface area contributed by atoms with E-state index in [0.717, 1.165) is 24.9 Å². The standard InChI is InChI=1S/C11H12FNO/c12-8-1-2-9-10(7-8)14-6-4-11(9)3-5-13-11/h1-2,7,13H,3-6H2/t11-/m1/s1. The Morgan fingerprint density at radius 2 is 2.21 bits per heavy atom. The second kappa shape index (κ2) is 2.70. The van der Waals surface area contributed by atoms with Crippen LogP contribution in [-0.4, -0.2) is 13.2 Å². The number of nitrogens with one attached hydrogen (secondary N) is 1. The van der Waals surface area contributed by atoms with Crippen LogP contribution in [0.5, 0.6) is 5.75 Å². The third kappa shape index (κ3) is 0.989. The second-order valence-electron chi connectivity index (χ2n) is 4.00. The molecule has 2 aliphatic heterocycles. The summed E-state index contributed by atoms with van der Waals surface area (Å²) in [5.74, 6) is 0.489. The molecular formula is C11H12FNO. The van der Waals surface area contributed by atoms with Crippen LogP contribution < -0.4 is 10.1 Å². The van der Waals surface area contributed by atoms with Gasteiger partial charge in [-0.1, -0.05) is 6.07 Å². The highest BCUT2D eigenvalue weighted by atomic mass is 19.1.